The van der Waals surface area contributed by atoms with E-state index in [1.165, 1.54) is 51.3 Å². The van der Waals surface area contributed by atoms with E-state index in [0.717, 1.165) is 65.4 Å². The van der Waals surface area contributed by atoms with Crippen molar-refractivity contribution in [1.82, 2.24) is 9.13 Å². The molecule has 9 nitrogen and oxygen atoms in total. The highest BCUT2D eigenvalue weighted by Gasteiger charge is 2.80. The lowest BCUT2D eigenvalue weighted by Gasteiger charge is -2.25. The minimum Gasteiger partial charge on any atom is -0.497 e. The van der Waals surface area contributed by atoms with Crippen molar-refractivity contribution in [3.63, 3.8) is 0 Å². The van der Waals surface area contributed by atoms with E-state index >= 15 is 35.9 Å². The number of anilines is 2. The van der Waals surface area contributed by atoms with Gasteiger partial charge in [-0.2, -0.15) is 26.3 Å². The molecule has 0 bridgehead atoms. The number of amides is 4. The number of carbonyl (C=O) groups excluding carboxylic acids is 4. The molecule has 2 fully saturated rings. The van der Waals surface area contributed by atoms with E-state index < -0.39 is 63.7 Å². The van der Waals surface area contributed by atoms with E-state index in [9.17, 15) is 9.59 Å². The molecular formula is C72H56F6N4O5S2. The number of ether oxygens (including phenoxy) is 1. The maximum atomic E-state index is 16.2. The first kappa shape index (κ1) is 59.8. The van der Waals surface area contributed by atoms with Crippen molar-refractivity contribution < 1.29 is 50.3 Å². The van der Waals surface area contributed by atoms with Crippen LogP contribution < -0.4 is 14.5 Å². The first-order valence-electron chi connectivity index (χ1n) is 28.3. The van der Waals surface area contributed by atoms with Crippen LogP contribution in [-0.4, -0.2) is 57.6 Å². The number of benzene rings is 5. The van der Waals surface area contributed by atoms with Crippen molar-refractivity contribution in [1.29, 1.82) is 0 Å². The Balaban J connectivity index is 0.941. The number of fused-ring (bicyclic) bond motifs is 2. The summed E-state index contributed by atoms with van der Waals surface area (Å²) in [6.07, 6.45) is 3.43. The molecule has 0 N–H and O–H groups in total. The molecular weight excluding hydrogens is 1180 g/mol. The van der Waals surface area contributed by atoms with Gasteiger partial charge in [-0.05, 0) is 180 Å². The van der Waals surface area contributed by atoms with Gasteiger partial charge in [-0.15, -0.1) is 22.7 Å². The van der Waals surface area contributed by atoms with Gasteiger partial charge in [-0.1, -0.05) is 71.5 Å². The van der Waals surface area contributed by atoms with Crippen LogP contribution in [-0.2, 0) is 33.3 Å². The Morgan fingerprint density at radius 3 is 1.29 bits per heavy atom. The van der Waals surface area contributed by atoms with Gasteiger partial charge in [0.2, 0.25) is 0 Å². The van der Waals surface area contributed by atoms with Gasteiger partial charge in [-0.25, -0.2) is 9.80 Å². The third-order valence-electron chi connectivity index (χ3n) is 17.0. The number of halogens is 6. The average molecular weight is 1240 g/mol. The number of nitrogens with zero attached hydrogens (tertiary/aromatic N) is 4. The Bertz CT molecular complexity index is 4580. The van der Waals surface area contributed by atoms with Crippen LogP contribution in [0.2, 0.25) is 0 Å². The second kappa shape index (κ2) is 21.7. The number of hydrogen-bond acceptors (Lipinski definition) is 7. The Morgan fingerprint density at radius 2 is 0.899 bits per heavy atom. The summed E-state index contributed by atoms with van der Waals surface area (Å²) in [6.45, 7) is 13.7. The normalized spacial score (nSPS) is 17.2. The van der Waals surface area contributed by atoms with Crippen LogP contribution in [0.25, 0.3) is 66.0 Å². The summed E-state index contributed by atoms with van der Waals surface area (Å²) < 4.78 is 105. The zero-order valence-electron chi connectivity index (χ0n) is 50.2. The molecule has 0 atom stereocenters. The number of methoxy groups -OCH3 is 1. The number of allylic oxidation sites excluding steroid dienone is 4. The lowest BCUT2D eigenvalue weighted by Crippen LogP contribution is -2.48. The van der Waals surface area contributed by atoms with Gasteiger partial charge in [0, 0.05) is 89.1 Å². The largest absolute Gasteiger partial charge is 0.497 e. The van der Waals surface area contributed by atoms with E-state index in [1.54, 1.807) is 88.4 Å². The molecule has 4 amide bonds. The number of aryl methyl sites for hydroxylation is 6. The molecule has 0 radical (unpaired) electrons. The molecule has 17 heteroatoms. The van der Waals surface area contributed by atoms with E-state index in [1.807, 2.05) is 85.6 Å². The molecule has 2 aliphatic heterocycles. The molecule has 4 aromatic heterocycles. The zero-order valence-corrected chi connectivity index (χ0v) is 51.8. The maximum absolute atomic E-state index is 16.2. The molecule has 9 aromatic rings. The fourth-order valence-electron chi connectivity index (χ4n) is 12.4. The fourth-order valence-corrected chi connectivity index (χ4v) is 14.5. The maximum Gasteiger partial charge on any atom is 0.380 e. The standard InChI is InChI=1S/C72H56F6N4O5S2/c1-37(2)62-54(33-58-39(5)50-16-12-14-18-56(50)79(58)9)66(83)81(68(62)85)47-30-44(31-48(32-47)82-67(84)55(63(38(3)4)69(82)86)34-59-40(6)51-17-13-15-19-57(51)80(59)10)21-20-43-22-24-45(25-23-43)60-35-52(41(7)88-60)64-65(71(75,76)72(77,78)70(64,73)74)53-36-61(89-42(53)8)46-26-28-49(87-11)29-27-46/h12-19,22-36H,1-11H3/b54-33-,55-34-. The number of imide groups is 2. The highest BCUT2D eigenvalue weighted by molar-refractivity contribution is 7.16. The highest BCUT2D eigenvalue weighted by atomic mass is 32.1. The summed E-state index contributed by atoms with van der Waals surface area (Å²) >= 11 is 2.00. The zero-order chi connectivity index (χ0) is 63.7. The molecule has 5 aromatic carbocycles. The Morgan fingerprint density at radius 1 is 0.506 bits per heavy atom. The Hall–Kier alpha value is -9.50. The van der Waals surface area contributed by atoms with Gasteiger partial charge in [0.05, 0.1) is 40.8 Å². The molecule has 12 rings (SSSR count). The van der Waals surface area contributed by atoms with Gasteiger partial charge >= 0.3 is 17.8 Å². The first-order chi connectivity index (χ1) is 42.2. The van der Waals surface area contributed by atoms with Gasteiger partial charge in [0.1, 0.15) is 5.75 Å². The first-order valence-corrected chi connectivity index (χ1v) is 30.0. The molecule has 0 spiro atoms. The summed E-state index contributed by atoms with van der Waals surface area (Å²) in [5.41, 5.74) is 4.88. The number of aromatic nitrogens is 2. The van der Waals surface area contributed by atoms with Gasteiger partial charge < -0.3 is 13.9 Å². The van der Waals surface area contributed by atoms with Crippen molar-refractivity contribution in [3.8, 4) is 38.5 Å². The topological polar surface area (TPSA) is 93.8 Å². The van der Waals surface area contributed by atoms with Crippen LogP contribution in [0.4, 0.5) is 37.7 Å². The van der Waals surface area contributed by atoms with Crippen LogP contribution >= 0.6 is 22.7 Å². The van der Waals surface area contributed by atoms with Crippen LogP contribution in [0, 0.1) is 39.5 Å². The summed E-state index contributed by atoms with van der Waals surface area (Å²) in [4.78, 5) is 62.9. The quantitative estimate of drug-likeness (QED) is 0.0621. The second-order valence-electron chi connectivity index (χ2n) is 22.9. The lowest BCUT2D eigenvalue weighted by atomic mass is 9.94. The molecule has 89 heavy (non-hydrogen) atoms. The number of thiophene rings is 2. The molecule has 448 valence electrons. The molecule has 0 saturated carbocycles. The number of alkyl halides is 6. The minimum atomic E-state index is -5.76. The van der Waals surface area contributed by atoms with E-state index in [-0.39, 0.29) is 49.0 Å². The Kier molecular flexibility index (Phi) is 14.6. The monoisotopic (exact) mass is 1230 g/mol. The SMILES string of the molecule is COc1ccc(-c2cc(C3=C(c4cc(-c5ccc(C#Cc6cc(N7C(=O)C(=C(C)C)/C(=C/c8c(C)c9ccccc9n8C)C7=O)cc(N7C(=O)C(=C(C)C)/C(=C/c8c(C)c9ccccc9n8C)C7=O)c6)cc5)sc4C)C(F)(F)C(F)(F)C3(F)F)c(C)s2)cc1. The van der Waals surface area contributed by atoms with Crippen molar-refractivity contribution in [2.24, 2.45) is 14.1 Å². The van der Waals surface area contributed by atoms with Crippen LogP contribution in [0.1, 0.15) is 82.2 Å². The number of rotatable bonds is 9. The van der Waals surface area contributed by atoms with Crippen LogP contribution in [0.3, 0.4) is 0 Å². The van der Waals surface area contributed by atoms with Crippen molar-refractivity contribution in [2.75, 3.05) is 16.9 Å². The van der Waals surface area contributed by atoms with E-state index in [4.69, 9.17) is 4.74 Å². The van der Waals surface area contributed by atoms with Crippen LogP contribution in [0.5, 0.6) is 5.75 Å². The summed E-state index contributed by atoms with van der Waals surface area (Å²) in [6, 6.07) is 35.7. The molecule has 1 aliphatic carbocycles. The predicted octanol–water partition coefficient (Wildman–Crippen LogP) is 17.2. The third kappa shape index (κ3) is 9.36. The summed E-state index contributed by atoms with van der Waals surface area (Å²) in [7, 11) is 5.25. The van der Waals surface area contributed by atoms with Crippen molar-refractivity contribution in [3.05, 3.63) is 215 Å². The van der Waals surface area contributed by atoms with Crippen LogP contribution in [0.15, 0.2) is 161 Å². The summed E-state index contributed by atoms with van der Waals surface area (Å²) in [5.74, 6) is -12.1. The highest BCUT2D eigenvalue weighted by Crippen LogP contribution is 2.66. The number of hydrogen-bond donors (Lipinski definition) is 0. The fraction of sp³-hybridized carbons (Fsp3) is 0.194. The average Bonchev–Trinajstić information content (AvgIpc) is 1.53. The number of para-hydroxylation sites is 2. The van der Waals surface area contributed by atoms with Crippen molar-refractivity contribution in [2.45, 2.75) is 73.2 Å². The smallest absolute Gasteiger partial charge is 0.380 e. The minimum absolute atomic E-state index is 0.0340. The molecule has 6 heterocycles. The van der Waals surface area contributed by atoms with Crippen molar-refractivity contribution >= 4 is 103 Å². The van der Waals surface area contributed by atoms with E-state index in [2.05, 4.69) is 11.8 Å². The Labute approximate surface area is 517 Å². The molecule has 0 unspecified atom stereocenters. The van der Waals surface area contributed by atoms with Gasteiger partial charge in [0.25, 0.3) is 23.6 Å². The molecule has 2 saturated heterocycles. The lowest BCUT2D eigenvalue weighted by molar-refractivity contribution is -0.254. The van der Waals surface area contributed by atoms with E-state index in [0.29, 0.717) is 54.7 Å². The van der Waals surface area contributed by atoms with Gasteiger partial charge in [0.15, 0.2) is 0 Å². The summed E-state index contributed by atoms with van der Waals surface area (Å²) in [5, 5.41) is 1.95. The number of carbonyl (C=O) groups is 4. The van der Waals surface area contributed by atoms with Gasteiger partial charge in [-0.3, -0.25) is 19.2 Å². The molecule has 3 aliphatic rings. The predicted molar refractivity (Wildman–Crippen MR) is 343 cm³/mol. The second-order valence-corrected chi connectivity index (χ2v) is 25.4. The third-order valence-corrected chi connectivity index (χ3v) is 19.2.